The Balaban J connectivity index is 1.77. The van der Waals surface area contributed by atoms with Crippen molar-refractivity contribution in [2.75, 3.05) is 14.2 Å². The summed E-state index contributed by atoms with van der Waals surface area (Å²) in [7, 11) is 3.17. The van der Waals surface area contributed by atoms with Crippen molar-refractivity contribution < 1.29 is 19.1 Å². The van der Waals surface area contributed by atoms with Crippen LogP contribution in [0.5, 0.6) is 11.5 Å². The highest BCUT2D eigenvalue weighted by molar-refractivity contribution is 5.94. The first-order valence-corrected chi connectivity index (χ1v) is 9.31. The Bertz CT molecular complexity index is 853. The quantitative estimate of drug-likeness (QED) is 0.800. The zero-order valence-corrected chi connectivity index (χ0v) is 16.5. The Morgan fingerprint density at radius 3 is 2.57 bits per heavy atom. The van der Waals surface area contributed by atoms with E-state index in [2.05, 4.69) is 5.32 Å². The number of carbonyl (C=O) groups excluding carboxylic acids is 2. The van der Waals surface area contributed by atoms with Gasteiger partial charge >= 0.3 is 0 Å². The lowest BCUT2D eigenvalue weighted by atomic mass is 9.96. The van der Waals surface area contributed by atoms with Crippen LogP contribution in [0.4, 0.5) is 0 Å². The lowest BCUT2D eigenvalue weighted by Crippen LogP contribution is -2.53. The van der Waals surface area contributed by atoms with E-state index >= 15 is 0 Å². The average Bonchev–Trinajstić information content (AvgIpc) is 3.02. The molecule has 0 saturated carbocycles. The summed E-state index contributed by atoms with van der Waals surface area (Å²) < 4.78 is 10.7. The van der Waals surface area contributed by atoms with Gasteiger partial charge < -0.3 is 19.7 Å². The van der Waals surface area contributed by atoms with E-state index in [1.54, 1.807) is 25.2 Å². The third-order valence-electron chi connectivity index (χ3n) is 5.33. The summed E-state index contributed by atoms with van der Waals surface area (Å²) in [6.07, 6.45) is 0.846. The van der Waals surface area contributed by atoms with Crippen molar-refractivity contribution in [1.82, 2.24) is 10.2 Å². The summed E-state index contributed by atoms with van der Waals surface area (Å²) >= 11 is 0. The third-order valence-corrected chi connectivity index (χ3v) is 5.33. The van der Waals surface area contributed by atoms with Crippen LogP contribution < -0.4 is 14.8 Å². The molecule has 1 fully saturated rings. The van der Waals surface area contributed by atoms with Gasteiger partial charge in [0.25, 0.3) is 0 Å². The van der Waals surface area contributed by atoms with E-state index in [0.717, 1.165) is 11.1 Å². The van der Waals surface area contributed by atoms with Crippen LogP contribution in [0.2, 0.25) is 0 Å². The molecule has 28 heavy (non-hydrogen) atoms. The minimum absolute atomic E-state index is 0.0322. The maximum absolute atomic E-state index is 13.0. The summed E-state index contributed by atoms with van der Waals surface area (Å²) in [6, 6.07) is 15.2. The van der Waals surface area contributed by atoms with Gasteiger partial charge in [-0.3, -0.25) is 9.59 Å². The van der Waals surface area contributed by atoms with E-state index in [1.807, 2.05) is 49.4 Å². The van der Waals surface area contributed by atoms with Crippen molar-refractivity contribution in [3.05, 3.63) is 59.7 Å². The van der Waals surface area contributed by atoms with E-state index in [9.17, 15) is 9.59 Å². The number of hydrogen-bond acceptors (Lipinski definition) is 4. The summed E-state index contributed by atoms with van der Waals surface area (Å²) in [6.45, 7) is 2.57. The number of amides is 2. The van der Waals surface area contributed by atoms with E-state index in [0.29, 0.717) is 37.4 Å². The molecule has 3 rings (SSSR count). The Morgan fingerprint density at radius 2 is 1.89 bits per heavy atom. The van der Waals surface area contributed by atoms with Crippen molar-refractivity contribution in [2.45, 2.75) is 38.4 Å². The number of nitrogens with one attached hydrogen (secondary N) is 1. The molecule has 2 aromatic carbocycles. The predicted octanol–water partition coefficient (Wildman–Crippen LogP) is 2.90. The van der Waals surface area contributed by atoms with Crippen LogP contribution in [0.1, 0.15) is 30.9 Å². The minimum Gasteiger partial charge on any atom is -0.497 e. The molecule has 1 heterocycles. The molecule has 2 aromatic rings. The van der Waals surface area contributed by atoms with E-state index in [4.69, 9.17) is 9.47 Å². The molecular weight excluding hydrogens is 356 g/mol. The zero-order chi connectivity index (χ0) is 20.1. The first-order valence-electron chi connectivity index (χ1n) is 9.31. The lowest BCUT2D eigenvalue weighted by Gasteiger charge is -2.34. The van der Waals surface area contributed by atoms with Gasteiger partial charge in [-0.05, 0) is 31.0 Å². The number of benzene rings is 2. The first kappa shape index (κ1) is 19.7. The van der Waals surface area contributed by atoms with Crippen LogP contribution in [0, 0.1) is 0 Å². The molecule has 148 valence electrons. The topological polar surface area (TPSA) is 67.9 Å². The molecule has 6 nitrogen and oxygen atoms in total. The second-order valence-corrected chi connectivity index (χ2v) is 7.10. The van der Waals surface area contributed by atoms with Crippen LogP contribution in [-0.2, 0) is 22.7 Å². The number of carbonyl (C=O) groups is 2. The van der Waals surface area contributed by atoms with Gasteiger partial charge in [0.15, 0.2) is 0 Å². The Labute approximate surface area is 165 Å². The monoisotopic (exact) mass is 382 g/mol. The Hall–Kier alpha value is -3.02. The molecule has 0 aromatic heterocycles. The van der Waals surface area contributed by atoms with Gasteiger partial charge in [0.1, 0.15) is 17.0 Å². The fraction of sp³-hybridized carbons (Fsp3) is 0.364. The molecule has 0 aliphatic carbocycles. The molecule has 1 aliphatic heterocycles. The molecule has 1 atom stereocenters. The van der Waals surface area contributed by atoms with Crippen LogP contribution in [0.15, 0.2) is 48.5 Å². The number of hydrogen-bond donors (Lipinski definition) is 1. The highest BCUT2D eigenvalue weighted by Crippen LogP contribution is 2.34. The smallest absolute Gasteiger partial charge is 0.245 e. The number of nitrogens with zero attached hydrogens (tertiary/aromatic N) is 1. The van der Waals surface area contributed by atoms with Crippen LogP contribution in [-0.4, -0.2) is 36.5 Å². The molecule has 0 radical (unpaired) electrons. The van der Waals surface area contributed by atoms with E-state index < -0.39 is 5.54 Å². The summed E-state index contributed by atoms with van der Waals surface area (Å²) in [4.78, 5) is 27.2. The predicted molar refractivity (Wildman–Crippen MR) is 106 cm³/mol. The van der Waals surface area contributed by atoms with Crippen molar-refractivity contribution in [2.24, 2.45) is 0 Å². The minimum atomic E-state index is -0.892. The third kappa shape index (κ3) is 3.96. The van der Waals surface area contributed by atoms with Gasteiger partial charge in [-0.2, -0.15) is 0 Å². The highest BCUT2D eigenvalue weighted by Gasteiger charge is 2.47. The van der Waals surface area contributed by atoms with Gasteiger partial charge in [-0.1, -0.05) is 30.3 Å². The largest absolute Gasteiger partial charge is 0.497 e. The van der Waals surface area contributed by atoms with Gasteiger partial charge in [0.2, 0.25) is 11.8 Å². The number of ether oxygens (including phenoxy) is 2. The number of likely N-dealkylation sites (tertiary alicyclic amines) is 1. The molecule has 6 heteroatoms. The maximum atomic E-state index is 13.0. The first-order chi connectivity index (χ1) is 13.5. The van der Waals surface area contributed by atoms with E-state index in [1.165, 1.54) is 0 Å². The van der Waals surface area contributed by atoms with Crippen LogP contribution in [0.3, 0.4) is 0 Å². The fourth-order valence-corrected chi connectivity index (χ4v) is 3.52. The standard InChI is InChI=1S/C22H26N2O4/c1-22(21(26)23-14-16-7-5-4-6-8-16)12-11-20(25)24(22)15-17-9-10-18(27-2)13-19(17)28-3/h4-10,13H,11-12,14-15H2,1-3H3,(H,23,26). The van der Waals surface area contributed by atoms with Crippen molar-refractivity contribution in [3.8, 4) is 11.5 Å². The summed E-state index contributed by atoms with van der Waals surface area (Å²) in [5, 5.41) is 2.98. The number of methoxy groups -OCH3 is 2. The van der Waals surface area contributed by atoms with Crippen molar-refractivity contribution in [1.29, 1.82) is 0 Å². The van der Waals surface area contributed by atoms with Crippen molar-refractivity contribution in [3.63, 3.8) is 0 Å². The van der Waals surface area contributed by atoms with Gasteiger partial charge in [-0.25, -0.2) is 0 Å². The fourth-order valence-electron chi connectivity index (χ4n) is 3.52. The van der Waals surface area contributed by atoms with Crippen LogP contribution >= 0.6 is 0 Å². The average molecular weight is 382 g/mol. The molecular formula is C22H26N2O4. The molecule has 1 aliphatic rings. The number of rotatable bonds is 7. The Morgan fingerprint density at radius 1 is 1.14 bits per heavy atom. The molecule has 1 saturated heterocycles. The van der Waals surface area contributed by atoms with Gasteiger partial charge in [-0.15, -0.1) is 0 Å². The molecule has 1 N–H and O–H groups in total. The Kier molecular flexibility index (Phi) is 5.87. The highest BCUT2D eigenvalue weighted by atomic mass is 16.5. The molecule has 0 spiro atoms. The maximum Gasteiger partial charge on any atom is 0.245 e. The summed E-state index contributed by atoms with van der Waals surface area (Å²) in [5.41, 5.74) is 0.962. The SMILES string of the molecule is COc1ccc(CN2C(=O)CCC2(C)C(=O)NCc2ccccc2)c(OC)c1. The van der Waals surface area contributed by atoms with E-state index in [-0.39, 0.29) is 11.8 Å². The van der Waals surface area contributed by atoms with Gasteiger partial charge in [0.05, 0.1) is 20.8 Å². The second-order valence-electron chi connectivity index (χ2n) is 7.10. The van der Waals surface area contributed by atoms with Crippen LogP contribution in [0.25, 0.3) is 0 Å². The van der Waals surface area contributed by atoms with Crippen molar-refractivity contribution >= 4 is 11.8 Å². The molecule has 2 amide bonds. The summed E-state index contributed by atoms with van der Waals surface area (Å²) in [5.74, 6) is 1.13. The molecule has 0 bridgehead atoms. The molecule has 1 unspecified atom stereocenters. The lowest BCUT2D eigenvalue weighted by molar-refractivity contribution is -0.141. The normalized spacial score (nSPS) is 18.8. The second kappa shape index (κ2) is 8.33. The zero-order valence-electron chi connectivity index (χ0n) is 16.5. The van der Waals surface area contributed by atoms with Gasteiger partial charge in [0, 0.05) is 24.6 Å².